The normalized spacial score (nSPS) is 44.9. The number of hydrogen-bond donors (Lipinski definition) is 2. The van der Waals surface area contributed by atoms with Crippen LogP contribution in [0.5, 0.6) is 0 Å². The molecule has 1 fully saturated rings. The number of terminal acetylenes is 1. The maximum Gasteiger partial charge on any atom is 0.130 e. The van der Waals surface area contributed by atoms with E-state index in [-0.39, 0.29) is 5.92 Å². The Hall–Kier alpha value is -0.520. The molecule has 1 aliphatic rings. The van der Waals surface area contributed by atoms with Crippen molar-refractivity contribution >= 4 is 0 Å². The first kappa shape index (κ1) is 8.58. The second-order valence-corrected chi connectivity index (χ2v) is 3.35. The molecular formula is C9H15NO. The molecule has 0 aromatic carbocycles. The highest BCUT2D eigenvalue weighted by atomic mass is 16.3. The molecule has 2 heteroatoms. The molecule has 0 aromatic heterocycles. The highest BCUT2D eigenvalue weighted by molar-refractivity contribution is 5.13. The molecule has 2 nitrogen and oxygen atoms in total. The van der Waals surface area contributed by atoms with Crippen LogP contribution in [0, 0.1) is 18.3 Å². The number of hydrogen-bond acceptors (Lipinski definition) is 2. The fourth-order valence-electron chi connectivity index (χ4n) is 1.51. The molecule has 0 bridgehead atoms. The van der Waals surface area contributed by atoms with Crippen LogP contribution in [-0.4, -0.2) is 23.3 Å². The van der Waals surface area contributed by atoms with Crippen LogP contribution in [-0.2, 0) is 0 Å². The predicted octanol–water partition coefficient (Wildman–Crippen LogP) is 0.369. The van der Waals surface area contributed by atoms with Gasteiger partial charge in [-0.1, -0.05) is 12.8 Å². The maximum absolute atomic E-state index is 9.84. The average molecular weight is 153 g/mol. The lowest BCUT2D eigenvalue weighted by atomic mass is 9.79. The summed E-state index contributed by atoms with van der Waals surface area (Å²) in [5, 5.41) is 13.1. The number of piperidine rings is 1. The second-order valence-electron chi connectivity index (χ2n) is 3.35. The molecule has 0 spiro atoms. The summed E-state index contributed by atoms with van der Waals surface area (Å²) in [5.74, 6) is 2.62. The standard InChI is InChI=1S/C9H15NO/c1-4-9(11)5-6-10-8(3)7(9)2/h1,7-8,10-11H,5-6H2,2-3H3/t7-,8-,9-/m1/s1. The molecule has 3 atom stereocenters. The molecule has 1 rings (SSSR count). The summed E-state index contributed by atoms with van der Waals surface area (Å²) in [4.78, 5) is 0. The summed E-state index contributed by atoms with van der Waals surface area (Å²) in [5.41, 5.74) is -0.884. The van der Waals surface area contributed by atoms with Gasteiger partial charge in [-0.2, -0.15) is 0 Å². The monoisotopic (exact) mass is 153 g/mol. The van der Waals surface area contributed by atoms with Gasteiger partial charge in [0.2, 0.25) is 0 Å². The van der Waals surface area contributed by atoms with Crippen LogP contribution in [0.2, 0.25) is 0 Å². The van der Waals surface area contributed by atoms with Crippen molar-refractivity contribution in [2.24, 2.45) is 5.92 Å². The highest BCUT2D eigenvalue weighted by Crippen LogP contribution is 2.26. The molecule has 11 heavy (non-hydrogen) atoms. The molecule has 0 unspecified atom stereocenters. The van der Waals surface area contributed by atoms with Crippen LogP contribution in [0.1, 0.15) is 20.3 Å². The molecule has 0 saturated carbocycles. The lowest BCUT2D eigenvalue weighted by Gasteiger charge is -2.38. The van der Waals surface area contributed by atoms with Crippen molar-refractivity contribution in [3.05, 3.63) is 0 Å². The van der Waals surface area contributed by atoms with E-state index < -0.39 is 5.60 Å². The smallest absolute Gasteiger partial charge is 0.130 e. The van der Waals surface area contributed by atoms with Gasteiger partial charge in [-0.25, -0.2) is 0 Å². The van der Waals surface area contributed by atoms with E-state index in [1.165, 1.54) is 0 Å². The largest absolute Gasteiger partial charge is 0.377 e. The van der Waals surface area contributed by atoms with E-state index in [0.717, 1.165) is 6.54 Å². The minimum absolute atomic E-state index is 0.140. The van der Waals surface area contributed by atoms with Gasteiger partial charge >= 0.3 is 0 Å². The molecule has 62 valence electrons. The Bertz CT molecular complexity index is 184. The third-order valence-corrected chi connectivity index (χ3v) is 2.73. The first-order chi connectivity index (χ1) is 5.10. The van der Waals surface area contributed by atoms with Gasteiger partial charge in [0.15, 0.2) is 0 Å². The lowest BCUT2D eigenvalue weighted by Crippen LogP contribution is -2.53. The van der Waals surface area contributed by atoms with Crippen LogP contribution in [0.3, 0.4) is 0 Å². The Morgan fingerprint density at radius 2 is 2.27 bits per heavy atom. The van der Waals surface area contributed by atoms with E-state index in [1.54, 1.807) is 0 Å². The van der Waals surface area contributed by atoms with Gasteiger partial charge in [-0.15, -0.1) is 6.42 Å². The summed E-state index contributed by atoms with van der Waals surface area (Å²) in [6, 6.07) is 0.310. The van der Waals surface area contributed by atoms with Crippen LogP contribution >= 0.6 is 0 Å². The highest BCUT2D eigenvalue weighted by Gasteiger charge is 2.37. The fourth-order valence-corrected chi connectivity index (χ4v) is 1.51. The third-order valence-electron chi connectivity index (χ3n) is 2.73. The van der Waals surface area contributed by atoms with Gasteiger partial charge in [0.25, 0.3) is 0 Å². The van der Waals surface area contributed by atoms with Crippen molar-refractivity contribution in [3.63, 3.8) is 0 Å². The SMILES string of the molecule is C#C[C@@]1(O)CCN[C@H](C)[C@H]1C. The molecular weight excluding hydrogens is 138 g/mol. The van der Waals surface area contributed by atoms with Gasteiger partial charge in [0, 0.05) is 18.4 Å². The van der Waals surface area contributed by atoms with Crippen molar-refractivity contribution in [2.75, 3.05) is 6.54 Å². The molecule has 0 aliphatic carbocycles. The van der Waals surface area contributed by atoms with Crippen molar-refractivity contribution in [1.82, 2.24) is 5.32 Å². The first-order valence-electron chi connectivity index (χ1n) is 4.03. The first-order valence-corrected chi connectivity index (χ1v) is 4.03. The van der Waals surface area contributed by atoms with Gasteiger partial charge in [-0.05, 0) is 13.5 Å². The quantitative estimate of drug-likeness (QED) is 0.493. The summed E-state index contributed by atoms with van der Waals surface area (Å²) in [6.45, 7) is 4.84. The molecule has 0 aromatic rings. The molecule has 1 aliphatic heterocycles. The fraction of sp³-hybridized carbons (Fsp3) is 0.778. The van der Waals surface area contributed by atoms with Crippen LogP contribution in [0.15, 0.2) is 0 Å². The molecule has 2 N–H and O–H groups in total. The van der Waals surface area contributed by atoms with E-state index in [4.69, 9.17) is 6.42 Å². The zero-order valence-electron chi connectivity index (χ0n) is 7.09. The Balaban J connectivity index is 2.74. The summed E-state index contributed by atoms with van der Waals surface area (Å²) in [7, 11) is 0. The number of rotatable bonds is 0. The van der Waals surface area contributed by atoms with E-state index in [2.05, 4.69) is 11.2 Å². The zero-order valence-corrected chi connectivity index (χ0v) is 7.09. The Morgan fingerprint density at radius 3 is 2.73 bits per heavy atom. The van der Waals surface area contributed by atoms with Crippen molar-refractivity contribution in [3.8, 4) is 12.3 Å². The van der Waals surface area contributed by atoms with Crippen LogP contribution < -0.4 is 5.32 Å². The van der Waals surface area contributed by atoms with E-state index in [1.807, 2.05) is 13.8 Å². The minimum atomic E-state index is -0.884. The van der Waals surface area contributed by atoms with Gasteiger partial charge in [0.05, 0.1) is 0 Å². The van der Waals surface area contributed by atoms with Crippen molar-refractivity contribution in [1.29, 1.82) is 0 Å². The number of aliphatic hydroxyl groups is 1. The van der Waals surface area contributed by atoms with E-state index in [9.17, 15) is 5.11 Å². The maximum atomic E-state index is 9.84. The molecule has 0 amide bonds. The summed E-state index contributed by atoms with van der Waals surface area (Å²) in [6.07, 6.45) is 5.92. The van der Waals surface area contributed by atoms with Crippen LogP contribution in [0.25, 0.3) is 0 Å². The number of nitrogens with one attached hydrogen (secondary N) is 1. The Morgan fingerprint density at radius 1 is 1.64 bits per heavy atom. The zero-order chi connectivity index (χ0) is 8.48. The van der Waals surface area contributed by atoms with Gasteiger partial charge in [0.1, 0.15) is 5.60 Å². The van der Waals surface area contributed by atoms with Crippen LogP contribution in [0.4, 0.5) is 0 Å². The topological polar surface area (TPSA) is 32.3 Å². The molecule has 0 radical (unpaired) electrons. The van der Waals surface area contributed by atoms with Crippen molar-refractivity contribution < 1.29 is 5.11 Å². The van der Waals surface area contributed by atoms with E-state index in [0.29, 0.717) is 12.5 Å². The molecule has 1 saturated heterocycles. The molecule has 1 heterocycles. The second kappa shape index (κ2) is 2.84. The summed E-state index contributed by atoms with van der Waals surface area (Å²) < 4.78 is 0. The average Bonchev–Trinajstić information content (AvgIpc) is 2.00. The van der Waals surface area contributed by atoms with Crippen molar-refractivity contribution in [2.45, 2.75) is 31.9 Å². The Kier molecular flexibility index (Phi) is 2.22. The van der Waals surface area contributed by atoms with E-state index >= 15 is 0 Å². The third kappa shape index (κ3) is 1.40. The summed E-state index contributed by atoms with van der Waals surface area (Å²) >= 11 is 0. The Labute approximate surface area is 68.0 Å². The lowest BCUT2D eigenvalue weighted by molar-refractivity contribution is 0.00256. The minimum Gasteiger partial charge on any atom is -0.377 e. The van der Waals surface area contributed by atoms with Gasteiger partial charge < -0.3 is 10.4 Å². The predicted molar refractivity (Wildman–Crippen MR) is 45.0 cm³/mol. The van der Waals surface area contributed by atoms with Gasteiger partial charge in [-0.3, -0.25) is 0 Å².